The summed E-state index contributed by atoms with van der Waals surface area (Å²) in [6.45, 7) is 10.6. The van der Waals surface area contributed by atoms with Gasteiger partial charge in [-0.25, -0.2) is 4.68 Å². The Hall–Kier alpha value is -3.95. The van der Waals surface area contributed by atoms with Crippen molar-refractivity contribution in [3.8, 4) is 11.5 Å². The second kappa shape index (κ2) is 12.9. The van der Waals surface area contributed by atoms with Crippen LogP contribution in [0.2, 0.25) is 5.02 Å². The van der Waals surface area contributed by atoms with Crippen molar-refractivity contribution in [3.63, 3.8) is 0 Å². The molecule has 0 radical (unpaired) electrons. The first-order chi connectivity index (χ1) is 20.3. The van der Waals surface area contributed by atoms with Crippen LogP contribution in [-0.2, 0) is 11.4 Å². The summed E-state index contributed by atoms with van der Waals surface area (Å²) >= 11 is 7.89. The maximum absolute atomic E-state index is 14.0. The lowest BCUT2D eigenvalue weighted by Crippen LogP contribution is -2.31. The van der Waals surface area contributed by atoms with Gasteiger partial charge < -0.3 is 20.1 Å². The summed E-state index contributed by atoms with van der Waals surface area (Å²) < 4.78 is 14.0. The number of aryl methyl sites for hydroxylation is 1. The lowest BCUT2D eigenvalue weighted by Gasteiger charge is -2.29. The first-order valence-electron chi connectivity index (χ1n) is 13.9. The van der Waals surface area contributed by atoms with Crippen LogP contribution in [0.5, 0.6) is 11.5 Å². The highest BCUT2D eigenvalue weighted by Crippen LogP contribution is 2.40. The Bertz CT molecular complexity index is 1650. The van der Waals surface area contributed by atoms with E-state index in [0.29, 0.717) is 52.1 Å². The summed E-state index contributed by atoms with van der Waals surface area (Å²) in [6, 6.07) is 18.6. The largest absolute Gasteiger partial charge is 0.490 e. The van der Waals surface area contributed by atoms with Gasteiger partial charge in [-0.2, -0.15) is 4.98 Å². The van der Waals surface area contributed by atoms with Crippen molar-refractivity contribution in [2.75, 3.05) is 23.0 Å². The molecule has 4 aromatic rings. The third-order valence-corrected chi connectivity index (χ3v) is 8.22. The van der Waals surface area contributed by atoms with Crippen molar-refractivity contribution in [2.24, 2.45) is 0 Å². The van der Waals surface area contributed by atoms with E-state index in [9.17, 15) is 4.79 Å². The second-order valence-corrected chi connectivity index (χ2v) is 11.5. The third kappa shape index (κ3) is 6.12. The summed E-state index contributed by atoms with van der Waals surface area (Å²) in [5.41, 5.74) is 5.82. The minimum atomic E-state index is -0.554. The van der Waals surface area contributed by atoms with E-state index in [1.54, 1.807) is 16.4 Å². The maximum Gasteiger partial charge on any atom is 0.255 e. The lowest BCUT2D eigenvalue weighted by atomic mass is 9.94. The van der Waals surface area contributed by atoms with Crippen molar-refractivity contribution in [1.82, 2.24) is 14.8 Å². The topological polar surface area (TPSA) is 90.3 Å². The van der Waals surface area contributed by atoms with Crippen LogP contribution >= 0.6 is 23.4 Å². The van der Waals surface area contributed by atoms with Crippen molar-refractivity contribution in [3.05, 3.63) is 99.2 Å². The number of allylic oxidation sites excluding steroid dienone is 1. The summed E-state index contributed by atoms with van der Waals surface area (Å²) in [5, 5.41) is 12.5. The van der Waals surface area contributed by atoms with Crippen LogP contribution in [0.15, 0.2) is 77.1 Å². The molecule has 1 unspecified atom stereocenters. The molecule has 10 heteroatoms. The molecular weight excluding hydrogens is 570 g/mol. The van der Waals surface area contributed by atoms with Gasteiger partial charge in [-0.15, -0.1) is 5.10 Å². The fourth-order valence-corrected chi connectivity index (χ4v) is 5.60. The zero-order valence-corrected chi connectivity index (χ0v) is 25.9. The van der Waals surface area contributed by atoms with Crippen LogP contribution in [0.1, 0.15) is 49.1 Å². The van der Waals surface area contributed by atoms with E-state index in [2.05, 4.69) is 22.5 Å². The number of nitrogens with one attached hydrogen (secondary N) is 2. The summed E-state index contributed by atoms with van der Waals surface area (Å²) in [7, 11) is 0. The fraction of sp³-hybridized carbons (Fsp3) is 0.281. The number of hydrogen-bond donors (Lipinski definition) is 2. The van der Waals surface area contributed by atoms with Crippen LogP contribution in [0.4, 0.5) is 11.6 Å². The summed E-state index contributed by atoms with van der Waals surface area (Å²) in [4.78, 5) is 18.7. The molecule has 42 heavy (non-hydrogen) atoms. The number of benzene rings is 3. The molecule has 8 nitrogen and oxygen atoms in total. The molecule has 0 spiro atoms. The SMILES string of the molecule is CCOc1cc(C2C(C(=O)Nc3cccc(C)c3C)=C(C)Nc3nc(SCC)nn32)ccc1OCc1ccccc1Cl. The molecule has 2 heterocycles. The van der Waals surface area contributed by atoms with E-state index in [1.165, 1.54) is 0 Å². The highest BCUT2D eigenvalue weighted by Gasteiger charge is 2.35. The highest BCUT2D eigenvalue weighted by atomic mass is 35.5. The van der Waals surface area contributed by atoms with Crippen LogP contribution in [0.3, 0.4) is 0 Å². The number of ether oxygens (including phenoxy) is 2. The summed E-state index contributed by atoms with van der Waals surface area (Å²) in [5.74, 6) is 2.33. The Morgan fingerprint density at radius 2 is 1.86 bits per heavy atom. The molecule has 1 aromatic heterocycles. The Morgan fingerprint density at radius 3 is 2.62 bits per heavy atom. The standard InChI is InChI=1S/C32H34ClN5O3S/c1-6-40-27-17-22(15-16-26(27)41-18-23-12-8-9-13-24(23)33)29-28(30(39)35-25-14-10-11-19(3)20(25)4)21(5)34-31-36-32(42-7-2)37-38(29)31/h8-17,29H,6-7,18H2,1-5H3,(H,35,39)(H,34,36,37). The number of amides is 1. The molecule has 0 fully saturated rings. The number of rotatable bonds is 10. The summed E-state index contributed by atoms with van der Waals surface area (Å²) in [6.07, 6.45) is 0. The molecule has 1 atom stereocenters. The van der Waals surface area contributed by atoms with Gasteiger partial charge in [0.1, 0.15) is 12.6 Å². The molecule has 218 valence electrons. The molecule has 2 N–H and O–H groups in total. The first kappa shape index (κ1) is 29.5. The Labute approximate surface area is 255 Å². The number of carbonyl (C=O) groups excluding carboxylic acids is 1. The molecular formula is C32H34ClN5O3S. The monoisotopic (exact) mass is 603 g/mol. The predicted molar refractivity (Wildman–Crippen MR) is 169 cm³/mol. The zero-order chi connectivity index (χ0) is 29.8. The van der Waals surface area contributed by atoms with E-state index in [1.807, 2.05) is 88.4 Å². The van der Waals surface area contributed by atoms with Gasteiger partial charge in [-0.05, 0) is 74.4 Å². The molecule has 1 amide bonds. The normalized spacial score (nSPS) is 14.3. The average Bonchev–Trinajstić information content (AvgIpc) is 3.37. The number of anilines is 2. The van der Waals surface area contributed by atoms with Crippen LogP contribution in [0.25, 0.3) is 0 Å². The van der Waals surface area contributed by atoms with Gasteiger partial charge in [0.25, 0.3) is 5.91 Å². The van der Waals surface area contributed by atoms with Crippen LogP contribution in [-0.4, -0.2) is 33.0 Å². The van der Waals surface area contributed by atoms with Crippen molar-refractivity contribution < 1.29 is 14.3 Å². The third-order valence-electron chi connectivity index (χ3n) is 7.13. The Morgan fingerprint density at radius 1 is 1.05 bits per heavy atom. The molecule has 1 aliphatic rings. The van der Waals surface area contributed by atoms with Gasteiger partial charge in [-0.1, -0.05) is 66.7 Å². The minimum Gasteiger partial charge on any atom is -0.490 e. The number of nitrogens with zero attached hydrogens (tertiary/aromatic N) is 3. The minimum absolute atomic E-state index is 0.221. The van der Waals surface area contributed by atoms with E-state index in [-0.39, 0.29) is 5.91 Å². The number of aromatic nitrogens is 3. The Balaban J connectivity index is 1.55. The number of carbonyl (C=O) groups is 1. The van der Waals surface area contributed by atoms with Gasteiger partial charge in [0.05, 0.1) is 12.2 Å². The molecule has 5 rings (SSSR count). The number of halogens is 1. The first-order valence-corrected chi connectivity index (χ1v) is 15.2. The molecule has 0 aliphatic carbocycles. The van der Waals surface area contributed by atoms with E-state index >= 15 is 0 Å². The number of thioether (sulfide) groups is 1. The fourth-order valence-electron chi connectivity index (χ4n) is 4.85. The van der Waals surface area contributed by atoms with Gasteiger partial charge in [0.2, 0.25) is 11.1 Å². The highest BCUT2D eigenvalue weighted by molar-refractivity contribution is 7.99. The van der Waals surface area contributed by atoms with Gasteiger partial charge in [0.15, 0.2) is 11.5 Å². The van der Waals surface area contributed by atoms with E-state index in [0.717, 1.165) is 33.7 Å². The molecule has 0 bridgehead atoms. The number of fused-ring (bicyclic) bond motifs is 1. The smallest absolute Gasteiger partial charge is 0.255 e. The maximum atomic E-state index is 14.0. The van der Waals surface area contributed by atoms with Crippen molar-refractivity contribution >= 4 is 40.9 Å². The van der Waals surface area contributed by atoms with E-state index < -0.39 is 6.04 Å². The predicted octanol–water partition coefficient (Wildman–Crippen LogP) is 7.57. The molecule has 0 saturated heterocycles. The van der Waals surface area contributed by atoms with Crippen molar-refractivity contribution in [2.45, 2.75) is 52.4 Å². The van der Waals surface area contributed by atoms with Crippen LogP contribution < -0.4 is 20.1 Å². The van der Waals surface area contributed by atoms with E-state index in [4.69, 9.17) is 26.2 Å². The van der Waals surface area contributed by atoms with Crippen molar-refractivity contribution in [1.29, 1.82) is 0 Å². The second-order valence-electron chi connectivity index (χ2n) is 9.88. The zero-order valence-electron chi connectivity index (χ0n) is 24.3. The quantitative estimate of drug-likeness (QED) is 0.181. The molecule has 0 saturated carbocycles. The number of hydrogen-bond acceptors (Lipinski definition) is 7. The molecule has 3 aromatic carbocycles. The molecule has 1 aliphatic heterocycles. The van der Waals surface area contributed by atoms with Gasteiger partial charge >= 0.3 is 0 Å². The lowest BCUT2D eigenvalue weighted by molar-refractivity contribution is -0.113. The van der Waals surface area contributed by atoms with Gasteiger partial charge in [0, 0.05) is 22.0 Å². The van der Waals surface area contributed by atoms with Gasteiger partial charge in [-0.3, -0.25) is 4.79 Å². The van der Waals surface area contributed by atoms with Crippen LogP contribution in [0, 0.1) is 13.8 Å². The average molecular weight is 604 g/mol. The Kier molecular flexibility index (Phi) is 9.09.